The average Bonchev–Trinajstić information content (AvgIpc) is 2.91. The van der Waals surface area contributed by atoms with Gasteiger partial charge >= 0.3 is 0 Å². The number of carbonyl (C=O) groups is 1. The number of ether oxygens (including phenoxy) is 2. The Morgan fingerprint density at radius 3 is 2.46 bits per heavy atom. The van der Waals surface area contributed by atoms with Gasteiger partial charge in [-0.15, -0.1) is 0 Å². The van der Waals surface area contributed by atoms with Crippen molar-refractivity contribution < 1.29 is 14.3 Å². The molecule has 1 fully saturated rings. The average molecular weight is 426 g/mol. The SMILES string of the molecule is COc1cc(/C=C2\SC(=S)NC2=O)cc(-c2ccc(Cl)cc2Cl)c1OC. The first-order valence-corrected chi connectivity index (χ1v) is 9.37. The van der Waals surface area contributed by atoms with Crippen LogP contribution in [-0.2, 0) is 4.79 Å². The van der Waals surface area contributed by atoms with Gasteiger partial charge in [0.25, 0.3) is 5.91 Å². The predicted octanol–water partition coefficient (Wildman–Crippen LogP) is 5.17. The van der Waals surface area contributed by atoms with Crippen LogP contribution in [0.15, 0.2) is 35.2 Å². The van der Waals surface area contributed by atoms with E-state index in [2.05, 4.69) is 5.32 Å². The third-order valence-corrected chi connectivity index (χ3v) is 5.37. The molecule has 0 aromatic heterocycles. The molecular weight excluding hydrogens is 413 g/mol. The summed E-state index contributed by atoms with van der Waals surface area (Å²) >= 11 is 18.6. The number of carbonyl (C=O) groups excluding carboxylic acids is 1. The number of nitrogens with one attached hydrogen (secondary N) is 1. The van der Waals surface area contributed by atoms with Gasteiger partial charge in [0, 0.05) is 16.1 Å². The fraction of sp³-hybridized carbons (Fsp3) is 0.111. The van der Waals surface area contributed by atoms with Crippen molar-refractivity contribution in [1.29, 1.82) is 0 Å². The van der Waals surface area contributed by atoms with Gasteiger partial charge in [0.15, 0.2) is 11.5 Å². The fourth-order valence-electron chi connectivity index (χ4n) is 2.55. The molecule has 2 aromatic rings. The largest absolute Gasteiger partial charge is 0.493 e. The van der Waals surface area contributed by atoms with Crippen LogP contribution in [-0.4, -0.2) is 24.4 Å². The van der Waals surface area contributed by atoms with E-state index < -0.39 is 0 Å². The highest BCUT2D eigenvalue weighted by molar-refractivity contribution is 8.26. The fourth-order valence-corrected chi connectivity index (χ4v) is 4.10. The third-order valence-electron chi connectivity index (χ3n) is 3.66. The number of thiocarbonyl (C=S) groups is 1. The minimum Gasteiger partial charge on any atom is -0.493 e. The lowest BCUT2D eigenvalue weighted by atomic mass is 10.0. The van der Waals surface area contributed by atoms with Crippen LogP contribution >= 0.6 is 47.2 Å². The molecule has 0 radical (unpaired) electrons. The van der Waals surface area contributed by atoms with Gasteiger partial charge in [0.1, 0.15) is 4.32 Å². The molecule has 0 unspecified atom stereocenters. The normalized spacial score (nSPS) is 15.3. The maximum atomic E-state index is 11.9. The molecule has 4 nitrogen and oxygen atoms in total. The van der Waals surface area contributed by atoms with Gasteiger partial charge in [0.2, 0.25) is 0 Å². The summed E-state index contributed by atoms with van der Waals surface area (Å²) in [6, 6.07) is 8.88. The molecule has 0 spiro atoms. The van der Waals surface area contributed by atoms with Crippen molar-refractivity contribution >= 4 is 63.5 Å². The van der Waals surface area contributed by atoms with Crippen LogP contribution in [0.1, 0.15) is 5.56 Å². The lowest BCUT2D eigenvalue weighted by Crippen LogP contribution is -2.17. The zero-order chi connectivity index (χ0) is 18.8. The molecule has 1 saturated heterocycles. The molecule has 2 aromatic carbocycles. The van der Waals surface area contributed by atoms with Gasteiger partial charge in [-0.2, -0.15) is 0 Å². The van der Waals surface area contributed by atoms with E-state index >= 15 is 0 Å². The second kappa shape index (κ2) is 7.88. The molecular formula is C18H13Cl2NO3S2. The van der Waals surface area contributed by atoms with Gasteiger partial charge in [-0.1, -0.05) is 53.2 Å². The highest BCUT2D eigenvalue weighted by atomic mass is 35.5. The molecule has 1 aliphatic rings. The van der Waals surface area contributed by atoms with Gasteiger partial charge in [0.05, 0.1) is 24.1 Å². The van der Waals surface area contributed by atoms with Crippen molar-refractivity contribution in [3.63, 3.8) is 0 Å². The first-order chi connectivity index (χ1) is 12.4. The maximum Gasteiger partial charge on any atom is 0.263 e. The lowest BCUT2D eigenvalue weighted by molar-refractivity contribution is -0.115. The van der Waals surface area contributed by atoms with Gasteiger partial charge in [-0.25, -0.2) is 0 Å². The highest BCUT2D eigenvalue weighted by Crippen LogP contribution is 2.43. The van der Waals surface area contributed by atoms with Crippen molar-refractivity contribution in [3.05, 3.63) is 50.8 Å². The molecule has 1 heterocycles. The molecule has 1 amide bonds. The van der Waals surface area contributed by atoms with Crippen LogP contribution in [0.3, 0.4) is 0 Å². The van der Waals surface area contributed by atoms with E-state index in [1.807, 2.05) is 12.1 Å². The van der Waals surface area contributed by atoms with Crippen LogP contribution in [0, 0.1) is 0 Å². The second-order valence-electron chi connectivity index (χ2n) is 5.28. The molecule has 0 aliphatic carbocycles. The van der Waals surface area contributed by atoms with Crippen LogP contribution in [0.2, 0.25) is 10.0 Å². The monoisotopic (exact) mass is 425 g/mol. The Morgan fingerprint density at radius 2 is 1.88 bits per heavy atom. The molecule has 1 N–H and O–H groups in total. The Hall–Kier alpha value is -1.73. The number of benzene rings is 2. The Balaban J connectivity index is 2.18. The minimum absolute atomic E-state index is 0.221. The van der Waals surface area contributed by atoms with E-state index in [9.17, 15) is 4.79 Å². The minimum atomic E-state index is -0.221. The quantitative estimate of drug-likeness (QED) is 0.540. The Kier molecular flexibility index (Phi) is 5.77. The zero-order valence-corrected chi connectivity index (χ0v) is 16.9. The lowest BCUT2D eigenvalue weighted by Gasteiger charge is -2.15. The zero-order valence-electron chi connectivity index (χ0n) is 13.8. The van der Waals surface area contributed by atoms with E-state index in [0.717, 1.165) is 16.7 Å². The number of amides is 1. The smallest absolute Gasteiger partial charge is 0.263 e. The van der Waals surface area contributed by atoms with E-state index in [1.54, 1.807) is 38.5 Å². The summed E-state index contributed by atoms with van der Waals surface area (Å²) in [5.41, 5.74) is 2.22. The Morgan fingerprint density at radius 1 is 1.12 bits per heavy atom. The van der Waals surface area contributed by atoms with Gasteiger partial charge in [-0.05, 0) is 35.9 Å². The van der Waals surface area contributed by atoms with E-state index in [1.165, 1.54) is 11.8 Å². The summed E-state index contributed by atoms with van der Waals surface area (Å²) < 4.78 is 11.4. The highest BCUT2D eigenvalue weighted by Gasteiger charge is 2.23. The van der Waals surface area contributed by atoms with E-state index in [-0.39, 0.29) is 5.91 Å². The van der Waals surface area contributed by atoms with Crippen molar-refractivity contribution in [2.75, 3.05) is 14.2 Å². The van der Waals surface area contributed by atoms with Crippen LogP contribution < -0.4 is 14.8 Å². The summed E-state index contributed by atoms with van der Waals surface area (Å²) in [5, 5.41) is 3.62. The third kappa shape index (κ3) is 3.83. The first-order valence-electron chi connectivity index (χ1n) is 7.39. The number of methoxy groups -OCH3 is 2. The number of thioether (sulfide) groups is 1. The molecule has 1 aliphatic heterocycles. The molecule has 8 heteroatoms. The summed E-state index contributed by atoms with van der Waals surface area (Å²) in [5.74, 6) is 0.840. The number of hydrogen-bond acceptors (Lipinski definition) is 5. The Bertz CT molecular complexity index is 944. The summed E-state index contributed by atoms with van der Waals surface area (Å²) in [6.45, 7) is 0. The molecule has 0 atom stereocenters. The van der Waals surface area contributed by atoms with Crippen LogP contribution in [0.5, 0.6) is 11.5 Å². The summed E-state index contributed by atoms with van der Waals surface area (Å²) in [6.07, 6.45) is 1.74. The van der Waals surface area contributed by atoms with E-state index in [0.29, 0.717) is 30.8 Å². The molecule has 0 saturated carbocycles. The summed E-state index contributed by atoms with van der Waals surface area (Å²) in [4.78, 5) is 12.4. The van der Waals surface area contributed by atoms with Crippen LogP contribution in [0.4, 0.5) is 0 Å². The number of hydrogen-bond donors (Lipinski definition) is 1. The molecule has 0 bridgehead atoms. The standard InChI is InChI=1S/C18H13Cl2NO3S2/c1-23-14-6-9(7-15-17(22)21-18(25)26-15)5-12(16(14)24-2)11-4-3-10(19)8-13(11)20/h3-8H,1-2H3,(H,21,22,25)/b15-7-. The topological polar surface area (TPSA) is 47.6 Å². The summed E-state index contributed by atoms with van der Waals surface area (Å²) in [7, 11) is 3.11. The number of rotatable bonds is 4. The number of halogens is 2. The van der Waals surface area contributed by atoms with Crippen molar-refractivity contribution in [3.8, 4) is 22.6 Å². The van der Waals surface area contributed by atoms with Gasteiger partial charge < -0.3 is 14.8 Å². The first kappa shape index (κ1) is 19.0. The van der Waals surface area contributed by atoms with Gasteiger partial charge in [-0.3, -0.25) is 4.79 Å². The molecule has 3 rings (SSSR count). The van der Waals surface area contributed by atoms with E-state index in [4.69, 9.17) is 44.9 Å². The van der Waals surface area contributed by atoms with Crippen molar-refractivity contribution in [2.24, 2.45) is 0 Å². The Labute approximate surface area is 170 Å². The second-order valence-corrected chi connectivity index (χ2v) is 7.84. The molecule has 134 valence electrons. The van der Waals surface area contributed by atoms with Crippen molar-refractivity contribution in [1.82, 2.24) is 5.32 Å². The predicted molar refractivity (Wildman–Crippen MR) is 111 cm³/mol. The van der Waals surface area contributed by atoms with Crippen LogP contribution in [0.25, 0.3) is 17.2 Å². The van der Waals surface area contributed by atoms with Crippen molar-refractivity contribution in [2.45, 2.75) is 0 Å². The maximum absolute atomic E-state index is 11.9. The molecule has 26 heavy (non-hydrogen) atoms.